The van der Waals surface area contributed by atoms with E-state index in [1.54, 1.807) is 19.1 Å². The summed E-state index contributed by atoms with van der Waals surface area (Å²) in [5.74, 6) is 0.925. The maximum absolute atomic E-state index is 14.3. The van der Waals surface area contributed by atoms with Crippen molar-refractivity contribution in [2.75, 3.05) is 53.4 Å². The summed E-state index contributed by atoms with van der Waals surface area (Å²) in [4.78, 5) is 39.0. The summed E-state index contributed by atoms with van der Waals surface area (Å²) in [6, 6.07) is 6.91. The van der Waals surface area contributed by atoms with Gasteiger partial charge in [0.15, 0.2) is 0 Å². The van der Waals surface area contributed by atoms with Crippen molar-refractivity contribution in [1.82, 2.24) is 20.6 Å². The second kappa shape index (κ2) is 17.5. The SMILES string of the molecule is COc1c(CN2O[C@@H](CO)[C@@H]([C@H](C)O)[C@H]2C(=O)N[C@H]2C[C@@H]3C[C@@H]([C@@H]2C)C3(C)C)cccc1-c1cc(N(C)C)c(Br)c(C(=O)N[C@H](CN(C)C)CC(C)(C)C)c1Br. The van der Waals surface area contributed by atoms with Gasteiger partial charge in [0, 0.05) is 59.8 Å². The lowest BCUT2D eigenvalue weighted by Gasteiger charge is -2.62. The molecule has 3 aliphatic carbocycles. The van der Waals surface area contributed by atoms with Gasteiger partial charge in [0.05, 0.1) is 42.1 Å². The molecule has 0 aromatic heterocycles. The molecule has 2 aromatic carbocycles. The number of rotatable bonds is 14. The fourth-order valence-corrected chi connectivity index (χ4v) is 11.6. The molecule has 4 N–H and O–H groups in total. The largest absolute Gasteiger partial charge is 0.496 e. The number of nitrogens with one attached hydrogen (secondary N) is 2. The maximum Gasteiger partial charge on any atom is 0.253 e. The molecule has 4 fully saturated rings. The van der Waals surface area contributed by atoms with Gasteiger partial charge in [0.25, 0.3) is 5.91 Å². The number of fused-ring (bicyclic) bond motifs is 2. The first kappa shape index (κ1) is 44.8. The van der Waals surface area contributed by atoms with Crippen molar-refractivity contribution < 1.29 is 29.4 Å². The number of likely N-dealkylation sites (N-methyl/N-ethyl adjacent to an activating group) is 1. The molecule has 56 heavy (non-hydrogen) atoms. The van der Waals surface area contributed by atoms with Crippen molar-refractivity contribution in [2.45, 2.75) is 105 Å². The van der Waals surface area contributed by atoms with E-state index in [4.69, 9.17) is 9.57 Å². The van der Waals surface area contributed by atoms with E-state index in [2.05, 4.69) is 88.9 Å². The van der Waals surface area contributed by atoms with Crippen molar-refractivity contribution in [3.05, 3.63) is 44.3 Å². The number of nitrogens with zero attached hydrogens (tertiary/aromatic N) is 3. The number of amides is 2. The number of carbonyl (C=O) groups excluding carboxylic acids is 2. The lowest BCUT2D eigenvalue weighted by molar-refractivity contribution is -0.183. The van der Waals surface area contributed by atoms with Crippen molar-refractivity contribution >= 4 is 49.4 Å². The molecule has 6 rings (SSSR count). The van der Waals surface area contributed by atoms with Crippen LogP contribution in [0, 0.1) is 34.5 Å². The van der Waals surface area contributed by atoms with E-state index in [1.165, 1.54) is 6.42 Å². The van der Waals surface area contributed by atoms with E-state index in [9.17, 15) is 19.8 Å². The molecule has 2 amide bonds. The Hall–Kier alpha value is -2.26. The molecule has 312 valence electrons. The van der Waals surface area contributed by atoms with Crippen LogP contribution < -0.4 is 20.3 Å². The lowest BCUT2D eigenvalue weighted by Crippen LogP contribution is -2.62. The van der Waals surface area contributed by atoms with Crippen LogP contribution in [0.15, 0.2) is 33.2 Å². The van der Waals surface area contributed by atoms with Gasteiger partial charge in [0.1, 0.15) is 17.9 Å². The third kappa shape index (κ3) is 9.14. The highest BCUT2D eigenvalue weighted by Gasteiger charge is 2.57. The Morgan fingerprint density at radius 3 is 2.32 bits per heavy atom. The number of anilines is 1. The average molecular weight is 908 g/mol. The Balaban J connectivity index is 1.51. The number of aliphatic hydroxyl groups excluding tert-OH is 2. The van der Waals surface area contributed by atoms with Crippen LogP contribution in [0.4, 0.5) is 5.69 Å². The predicted octanol–water partition coefficient (Wildman–Crippen LogP) is 6.71. The first-order valence-electron chi connectivity index (χ1n) is 19.9. The Kier molecular flexibility index (Phi) is 14.0. The Morgan fingerprint density at radius 2 is 1.79 bits per heavy atom. The van der Waals surface area contributed by atoms with Gasteiger partial charge in [0.2, 0.25) is 5.91 Å². The van der Waals surface area contributed by atoms with Crippen LogP contribution in [0.2, 0.25) is 0 Å². The van der Waals surface area contributed by atoms with Crippen LogP contribution in [0.1, 0.15) is 83.7 Å². The van der Waals surface area contributed by atoms with Gasteiger partial charge in [-0.05, 0) is 107 Å². The monoisotopic (exact) mass is 905 g/mol. The highest BCUT2D eigenvalue weighted by atomic mass is 79.9. The minimum Gasteiger partial charge on any atom is -0.496 e. The van der Waals surface area contributed by atoms with Gasteiger partial charge in [-0.2, -0.15) is 5.06 Å². The number of aliphatic hydroxyl groups is 2. The fourth-order valence-electron chi connectivity index (χ4n) is 9.76. The molecular formula is C43H65Br2N5O6. The molecule has 13 heteroatoms. The summed E-state index contributed by atoms with van der Waals surface area (Å²) in [5, 5.41) is 29.7. The van der Waals surface area contributed by atoms with Gasteiger partial charge in [-0.15, -0.1) is 0 Å². The smallest absolute Gasteiger partial charge is 0.253 e. The minimum atomic E-state index is -0.911. The van der Waals surface area contributed by atoms with Crippen LogP contribution in [0.3, 0.4) is 0 Å². The summed E-state index contributed by atoms with van der Waals surface area (Å²) in [7, 11) is 9.49. The molecule has 9 atom stereocenters. The van der Waals surface area contributed by atoms with Gasteiger partial charge in [-0.25, -0.2) is 0 Å². The second-order valence-corrected chi connectivity index (χ2v) is 20.4. The molecule has 1 saturated heterocycles. The van der Waals surface area contributed by atoms with Gasteiger partial charge in [-0.1, -0.05) is 59.7 Å². The first-order chi connectivity index (χ1) is 26.1. The van der Waals surface area contributed by atoms with Crippen LogP contribution in [-0.2, 0) is 16.2 Å². The van der Waals surface area contributed by atoms with Crippen molar-refractivity contribution in [1.29, 1.82) is 0 Å². The molecule has 2 aromatic rings. The highest BCUT2D eigenvalue weighted by Crippen LogP contribution is 2.61. The molecule has 1 aliphatic heterocycles. The number of carbonyl (C=O) groups is 2. The van der Waals surface area contributed by atoms with Gasteiger partial charge in [-0.3, -0.25) is 14.4 Å². The first-order valence-corrected chi connectivity index (χ1v) is 21.5. The summed E-state index contributed by atoms with van der Waals surface area (Å²) in [6.07, 6.45) is 1.24. The zero-order chi connectivity index (χ0) is 41.6. The summed E-state index contributed by atoms with van der Waals surface area (Å²) in [5.41, 5.74) is 3.79. The Bertz CT molecular complexity index is 1750. The van der Waals surface area contributed by atoms with Crippen molar-refractivity contribution in [3.63, 3.8) is 0 Å². The zero-order valence-electron chi connectivity index (χ0n) is 35.4. The molecule has 0 radical (unpaired) electrons. The number of hydroxylamine groups is 2. The molecule has 1 heterocycles. The van der Waals surface area contributed by atoms with Crippen molar-refractivity contribution in [3.8, 4) is 16.9 Å². The topological polar surface area (TPSA) is 127 Å². The number of hydrogen-bond acceptors (Lipinski definition) is 9. The fraction of sp³-hybridized carbons (Fsp3) is 0.674. The Morgan fingerprint density at radius 1 is 1.11 bits per heavy atom. The number of para-hydroxylation sites is 1. The van der Waals surface area contributed by atoms with E-state index in [1.807, 2.05) is 57.4 Å². The molecule has 4 aliphatic rings. The number of methoxy groups -OCH3 is 1. The van der Waals surface area contributed by atoms with Crippen LogP contribution in [0.25, 0.3) is 11.1 Å². The van der Waals surface area contributed by atoms with Crippen LogP contribution in [-0.4, -0.2) is 111 Å². The Labute approximate surface area is 351 Å². The summed E-state index contributed by atoms with van der Waals surface area (Å²) in [6.45, 7) is 15.6. The molecular weight excluding hydrogens is 842 g/mol. The number of halogens is 2. The van der Waals surface area contributed by atoms with E-state index < -0.39 is 24.2 Å². The predicted molar refractivity (Wildman–Crippen MR) is 230 cm³/mol. The number of benzene rings is 2. The minimum absolute atomic E-state index is 0.00381. The van der Waals surface area contributed by atoms with E-state index in [0.29, 0.717) is 44.6 Å². The third-order valence-corrected chi connectivity index (χ3v) is 14.3. The third-order valence-electron chi connectivity index (χ3n) is 12.6. The molecule has 0 unspecified atom stereocenters. The standard InChI is InChI=1S/C43H65Br2N5O6/c1-23-30-16-26(43(30,6)7)17-31(23)47-41(54)38-34(24(2)52)33(22-51)56-50(38)20-25-14-13-15-28(39(25)55-12)29-18-32(49(10)11)37(45)35(36(29)44)40(53)46-27(21-48(8)9)19-42(3,4)5/h13-15,18,23-24,26-27,30-31,33-34,38,51-52H,16-17,19-22H2,1-12H3,(H,46,53)(H,47,54)/t23-,24-,26-,27-,30-,31-,33-,34+,38-/m0/s1. The zero-order valence-corrected chi connectivity index (χ0v) is 38.5. The number of ether oxygens (including phenoxy) is 1. The molecule has 0 spiro atoms. The van der Waals surface area contributed by atoms with Crippen molar-refractivity contribution in [2.24, 2.45) is 34.5 Å². The lowest BCUT2D eigenvalue weighted by atomic mass is 9.45. The average Bonchev–Trinajstić information content (AvgIpc) is 3.46. The molecule has 11 nitrogen and oxygen atoms in total. The second-order valence-electron chi connectivity index (χ2n) is 18.8. The highest BCUT2D eigenvalue weighted by molar-refractivity contribution is 9.11. The van der Waals surface area contributed by atoms with E-state index >= 15 is 0 Å². The van der Waals surface area contributed by atoms with Crippen LogP contribution >= 0.6 is 31.9 Å². The quantitative estimate of drug-likeness (QED) is 0.164. The van der Waals surface area contributed by atoms with E-state index in [-0.39, 0.29) is 47.9 Å². The summed E-state index contributed by atoms with van der Waals surface area (Å²) >= 11 is 7.62. The maximum atomic E-state index is 14.3. The molecule has 3 saturated carbocycles. The number of hydrogen-bond donors (Lipinski definition) is 4. The van der Waals surface area contributed by atoms with Gasteiger partial charge >= 0.3 is 0 Å². The van der Waals surface area contributed by atoms with E-state index in [0.717, 1.165) is 35.2 Å². The molecule has 2 bridgehead atoms. The normalized spacial score (nSPS) is 27.1. The summed E-state index contributed by atoms with van der Waals surface area (Å²) < 4.78 is 7.42. The van der Waals surface area contributed by atoms with Gasteiger partial charge < -0.3 is 35.4 Å². The van der Waals surface area contributed by atoms with Crippen LogP contribution in [0.5, 0.6) is 5.75 Å².